The van der Waals surface area contributed by atoms with Crippen LogP contribution >= 0.6 is 11.3 Å². The van der Waals surface area contributed by atoms with Crippen LogP contribution in [0.5, 0.6) is 0 Å². The van der Waals surface area contributed by atoms with E-state index in [0.29, 0.717) is 18.1 Å². The molecule has 0 bridgehead atoms. The molecule has 3 aromatic heterocycles. The maximum atomic E-state index is 5.42. The van der Waals surface area contributed by atoms with Gasteiger partial charge < -0.3 is 4.52 Å². The third-order valence-electron chi connectivity index (χ3n) is 3.71. The molecule has 0 unspecified atom stereocenters. The van der Waals surface area contributed by atoms with Gasteiger partial charge in [-0.05, 0) is 37.1 Å². The SMILES string of the molecule is c1csc(Cc2noc(-c3ncnc4c3CCCC4)n2)c1. The molecule has 0 aromatic carbocycles. The third kappa shape index (κ3) is 2.47. The molecule has 6 heteroatoms. The molecule has 0 atom stereocenters. The zero-order valence-electron chi connectivity index (χ0n) is 11.5. The summed E-state index contributed by atoms with van der Waals surface area (Å²) >= 11 is 1.70. The van der Waals surface area contributed by atoms with Gasteiger partial charge >= 0.3 is 0 Å². The Hall–Kier alpha value is -2.08. The van der Waals surface area contributed by atoms with Crippen LogP contribution < -0.4 is 0 Å². The van der Waals surface area contributed by atoms with Gasteiger partial charge in [0.2, 0.25) is 0 Å². The zero-order valence-corrected chi connectivity index (χ0v) is 12.3. The molecule has 3 aromatic rings. The van der Waals surface area contributed by atoms with Crippen molar-refractivity contribution in [3.63, 3.8) is 0 Å². The van der Waals surface area contributed by atoms with Gasteiger partial charge in [-0.1, -0.05) is 11.2 Å². The van der Waals surface area contributed by atoms with Gasteiger partial charge in [0.1, 0.15) is 12.0 Å². The fourth-order valence-electron chi connectivity index (χ4n) is 2.70. The number of fused-ring (bicyclic) bond motifs is 1. The van der Waals surface area contributed by atoms with E-state index in [1.165, 1.54) is 23.3 Å². The lowest BCUT2D eigenvalue weighted by Gasteiger charge is -2.15. The van der Waals surface area contributed by atoms with E-state index >= 15 is 0 Å². The fourth-order valence-corrected chi connectivity index (χ4v) is 3.40. The number of aromatic nitrogens is 4. The predicted molar refractivity (Wildman–Crippen MR) is 79.1 cm³/mol. The van der Waals surface area contributed by atoms with Gasteiger partial charge in [0, 0.05) is 22.6 Å². The standard InChI is InChI=1S/C15H14N4OS/c1-2-6-12-11(5-1)14(17-9-16-12)15-18-13(19-20-15)8-10-4-3-7-21-10/h3-4,7,9H,1-2,5-6,8H2. The molecule has 0 saturated carbocycles. The second kappa shape index (κ2) is 5.37. The average molecular weight is 298 g/mol. The quantitative estimate of drug-likeness (QED) is 0.743. The summed E-state index contributed by atoms with van der Waals surface area (Å²) in [7, 11) is 0. The first-order valence-electron chi connectivity index (χ1n) is 7.08. The summed E-state index contributed by atoms with van der Waals surface area (Å²) in [5, 5.41) is 6.13. The van der Waals surface area contributed by atoms with Crippen LogP contribution in [-0.2, 0) is 19.3 Å². The van der Waals surface area contributed by atoms with Gasteiger partial charge in [-0.2, -0.15) is 4.98 Å². The first-order valence-corrected chi connectivity index (χ1v) is 7.96. The number of hydrogen-bond donors (Lipinski definition) is 0. The van der Waals surface area contributed by atoms with Crippen LogP contribution in [0.3, 0.4) is 0 Å². The molecule has 4 rings (SSSR count). The molecule has 0 amide bonds. The molecule has 0 saturated heterocycles. The van der Waals surface area contributed by atoms with Crippen molar-refractivity contribution >= 4 is 11.3 Å². The summed E-state index contributed by atoms with van der Waals surface area (Å²) in [4.78, 5) is 14.5. The molecule has 0 N–H and O–H groups in total. The van der Waals surface area contributed by atoms with Crippen molar-refractivity contribution in [2.45, 2.75) is 32.1 Å². The summed E-state index contributed by atoms with van der Waals surface area (Å²) < 4.78 is 5.42. The monoisotopic (exact) mass is 298 g/mol. The highest BCUT2D eigenvalue weighted by molar-refractivity contribution is 7.09. The van der Waals surface area contributed by atoms with Crippen molar-refractivity contribution in [3.8, 4) is 11.6 Å². The molecule has 1 aliphatic rings. The number of nitrogens with zero attached hydrogens (tertiary/aromatic N) is 4. The minimum absolute atomic E-state index is 0.516. The number of hydrogen-bond acceptors (Lipinski definition) is 6. The Balaban J connectivity index is 1.67. The van der Waals surface area contributed by atoms with E-state index < -0.39 is 0 Å². The number of rotatable bonds is 3. The summed E-state index contributed by atoms with van der Waals surface area (Å²) in [6.07, 6.45) is 6.67. The average Bonchev–Trinajstić information content (AvgIpc) is 3.19. The Morgan fingerprint density at radius 3 is 3.05 bits per heavy atom. The van der Waals surface area contributed by atoms with E-state index in [4.69, 9.17) is 4.52 Å². The predicted octanol–water partition coefficient (Wildman–Crippen LogP) is 3.06. The molecule has 0 spiro atoms. The van der Waals surface area contributed by atoms with Crippen LogP contribution in [0.2, 0.25) is 0 Å². The summed E-state index contributed by atoms with van der Waals surface area (Å²) in [5.41, 5.74) is 3.11. The summed E-state index contributed by atoms with van der Waals surface area (Å²) in [6, 6.07) is 4.11. The second-order valence-corrected chi connectivity index (χ2v) is 6.16. The highest BCUT2D eigenvalue weighted by atomic mass is 32.1. The van der Waals surface area contributed by atoms with E-state index in [1.807, 2.05) is 6.07 Å². The van der Waals surface area contributed by atoms with Crippen molar-refractivity contribution in [1.82, 2.24) is 20.1 Å². The van der Waals surface area contributed by atoms with Crippen LogP contribution in [0, 0.1) is 0 Å². The molecule has 0 fully saturated rings. The molecule has 0 radical (unpaired) electrons. The highest BCUT2D eigenvalue weighted by Gasteiger charge is 2.20. The molecular formula is C15H14N4OS. The smallest absolute Gasteiger partial charge is 0.276 e. The van der Waals surface area contributed by atoms with E-state index in [1.54, 1.807) is 17.7 Å². The van der Waals surface area contributed by atoms with E-state index in [2.05, 4.69) is 31.6 Å². The normalized spacial score (nSPS) is 14.1. The van der Waals surface area contributed by atoms with Crippen molar-refractivity contribution in [2.75, 3.05) is 0 Å². The van der Waals surface area contributed by atoms with Crippen molar-refractivity contribution in [1.29, 1.82) is 0 Å². The van der Waals surface area contributed by atoms with Crippen molar-refractivity contribution in [2.24, 2.45) is 0 Å². The fraction of sp³-hybridized carbons (Fsp3) is 0.333. The lowest BCUT2D eigenvalue weighted by molar-refractivity contribution is 0.422. The zero-order chi connectivity index (χ0) is 14.1. The summed E-state index contributed by atoms with van der Waals surface area (Å²) in [5.74, 6) is 1.22. The van der Waals surface area contributed by atoms with Crippen molar-refractivity contribution < 1.29 is 4.52 Å². The van der Waals surface area contributed by atoms with E-state index in [9.17, 15) is 0 Å². The van der Waals surface area contributed by atoms with Crippen LogP contribution in [0.1, 0.15) is 34.8 Å². The molecule has 3 heterocycles. The largest absolute Gasteiger partial charge is 0.332 e. The Bertz CT molecular complexity index is 751. The Morgan fingerprint density at radius 2 is 2.14 bits per heavy atom. The molecule has 106 valence electrons. The summed E-state index contributed by atoms with van der Waals surface area (Å²) in [6.45, 7) is 0. The van der Waals surface area contributed by atoms with Gasteiger partial charge in [-0.15, -0.1) is 11.3 Å². The van der Waals surface area contributed by atoms with Crippen LogP contribution in [-0.4, -0.2) is 20.1 Å². The third-order valence-corrected chi connectivity index (χ3v) is 4.58. The molecular weight excluding hydrogens is 284 g/mol. The Kier molecular flexibility index (Phi) is 3.23. The maximum absolute atomic E-state index is 5.42. The Morgan fingerprint density at radius 1 is 1.19 bits per heavy atom. The lowest BCUT2D eigenvalue weighted by atomic mass is 9.95. The maximum Gasteiger partial charge on any atom is 0.276 e. The van der Waals surface area contributed by atoms with Crippen molar-refractivity contribution in [3.05, 3.63) is 45.8 Å². The van der Waals surface area contributed by atoms with Gasteiger partial charge in [-0.25, -0.2) is 9.97 Å². The highest BCUT2D eigenvalue weighted by Crippen LogP contribution is 2.27. The minimum Gasteiger partial charge on any atom is -0.332 e. The van der Waals surface area contributed by atoms with Crippen LogP contribution in [0.15, 0.2) is 28.4 Å². The first kappa shape index (κ1) is 12.6. The van der Waals surface area contributed by atoms with Gasteiger partial charge in [0.05, 0.1) is 0 Å². The minimum atomic E-state index is 0.516. The second-order valence-electron chi connectivity index (χ2n) is 5.13. The molecule has 5 nitrogen and oxygen atoms in total. The Labute approximate surface area is 126 Å². The molecule has 21 heavy (non-hydrogen) atoms. The number of aryl methyl sites for hydroxylation is 1. The van der Waals surface area contributed by atoms with Gasteiger partial charge in [0.15, 0.2) is 5.82 Å². The van der Waals surface area contributed by atoms with Gasteiger partial charge in [-0.3, -0.25) is 0 Å². The molecule has 0 aliphatic heterocycles. The topological polar surface area (TPSA) is 64.7 Å². The van der Waals surface area contributed by atoms with Crippen LogP contribution in [0.25, 0.3) is 11.6 Å². The van der Waals surface area contributed by atoms with E-state index in [-0.39, 0.29) is 0 Å². The molecule has 1 aliphatic carbocycles. The number of thiophene rings is 1. The first-order chi connectivity index (χ1) is 10.4. The van der Waals surface area contributed by atoms with E-state index in [0.717, 1.165) is 24.2 Å². The van der Waals surface area contributed by atoms with Gasteiger partial charge in [0.25, 0.3) is 5.89 Å². The lowest BCUT2D eigenvalue weighted by Crippen LogP contribution is -2.08. The van der Waals surface area contributed by atoms with Crippen LogP contribution in [0.4, 0.5) is 0 Å².